The molecule has 0 aliphatic carbocycles. The molecule has 2 unspecified atom stereocenters. The molecule has 0 aromatic heterocycles. The maximum Gasteiger partial charge on any atom is 0.323 e. The first-order chi connectivity index (χ1) is 14.4. The summed E-state index contributed by atoms with van der Waals surface area (Å²) < 4.78 is 0. The number of carboxylic acids is 2. The summed E-state index contributed by atoms with van der Waals surface area (Å²) in [6.07, 6.45) is 3.89. The predicted octanol–water partition coefficient (Wildman–Crippen LogP) is 1.71. The number of carboxylic acid groups (broad SMARTS) is 2. The molecule has 166 valence electrons. The average molecular weight is 438 g/mol. The van der Waals surface area contributed by atoms with Crippen molar-refractivity contribution < 1.29 is 24.6 Å². The number of aliphatic carboxylic acids is 2. The summed E-state index contributed by atoms with van der Waals surface area (Å²) in [5, 5.41) is 21.8. The lowest BCUT2D eigenvalue weighted by Gasteiger charge is -2.26. The van der Waals surface area contributed by atoms with Gasteiger partial charge >= 0.3 is 11.9 Å². The number of rotatable bonds is 12. The predicted molar refractivity (Wildman–Crippen MR) is 116 cm³/mol. The van der Waals surface area contributed by atoms with E-state index in [1.54, 1.807) is 11.8 Å². The number of hydrogen-bond acceptors (Lipinski definition) is 6. The van der Waals surface area contributed by atoms with Gasteiger partial charge < -0.3 is 20.8 Å². The van der Waals surface area contributed by atoms with Crippen LogP contribution in [0.4, 0.5) is 0 Å². The van der Waals surface area contributed by atoms with Crippen LogP contribution in [0.2, 0.25) is 0 Å². The fraction of sp³-hybridized carbons (Fsp3) is 0.571. The van der Waals surface area contributed by atoms with Gasteiger partial charge in [-0.3, -0.25) is 19.7 Å². The van der Waals surface area contributed by atoms with Crippen LogP contribution in [0.15, 0.2) is 30.3 Å². The van der Waals surface area contributed by atoms with Crippen molar-refractivity contribution in [2.45, 2.75) is 49.4 Å². The number of benzene rings is 1. The van der Waals surface area contributed by atoms with E-state index in [1.807, 2.05) is 30.3 Å². The molecule has 1 aromatic carbocycles. The minimum atomic E-state index is -1.09. The van der Waals surface area contributed by atoms with Crippen molar-refractivity contribution in [3.05, 3.63) is 35.9 Å². The summed E-state index contributed by atoms with van der Waals surface area (Å²) >= 11 is 1.54. The third-order valence-corrected chi connectivity index (χ3v) is 6.45. The third-order valence-electron chi connectivity index (χ3n) is 5.10. The van der Waals surface area contributed by atoms with E-state index < -0.39 is 30.6 Å². The number of unbranched alkanes of at least 4 members (excludes halogenated alkanes) is 3. The highest BCUT2D eigenvalue weighted by Crippen LogP contribution is 2.33. The summed E-state index contributed by atoms with van der Waals surface area (Å²) in [4.78, 5) is 37.4. The lowest BCUT2D eigenvalue weighted by molar-refractivity contribution is -0.146. The Hall–Kier alpha value is -2.10. The molecule has 0 bridgehead atoms. The standard InChI is InChI=1S/C21H31N3O5S/c22-11-7-2-1-6-10-16(21(28)29)23-17-14-30-18(15-8-4-3-5-9-15)12-24(20(17)27)13-19(25)26/h3-5,8-9,16-18,23H,1-2,6-7,10-14,22H2,(H,25,26)(H,28,29)/t16-,17?,18?/m1/s1. The first-order valence-electron chi connectivity index (χ1n) is 10.3. The van der Waals surface area contributed by atoms with E-state index in [1.165, 1.54) is 4.90 Å². The van der Waals surface area contributed by atoms with Crippen LogP contribution in [-0.2, 0) is 14.4 Å². The highest BCUT2D eigenvalue weighted by Gasteiger charge is 2.35. The molecule has 5 N–H and O–H groups in total. The molecule has 2 rings (SSSR count). The van der Waals surface area contributed by atoms with Gasteiger partial charge in [-0.2, -0.15) is 0 Å². The van der Waals surface area contributed by atoms with Gasteiger partial charge in [-0.05, 0) is 24.9 Å². The lowest BCUT2D eigenvalue weighted by atomic mass is 10.1. The lowest BCUT2D eigenvalue weighted by Crippen LogP contribution is -2.53. The fourth-order valence-electron chi connectivity index (χ4n) is 3.51. The number of carbonyl (C=O) groups excluding carboxylic acids is 1. The molecule has 3 atom stereocenters. The molecular weight excluding hydrogens is 406 g/mol. The zero-order valence-corrected chi connectivity index (χ0v) is 17.9. The minimum absolute atomic E-state index is 0.0687. The van der Waals surface area contributed by atoms with Gasteiger partial charge in [0.05, 0.1) is 6.04 Å². The van der Waals surface area contributed by atoms with Crippen molar-refractivity contribution in [3.63, 3.8) is 0 Å². The molecule has 8 nitrogen and oxygen atoms in total. The smallest absolute Gasteiger partial charge is 0.323 e. The zero-order chi connectivity index (χ0) is 21.9. The van der Waals surface area contributed by atoms with E-state index in [9.17, 15) is 24.6 Å². The summed E-state index contributed by atoms with van der Waals surface area (Å²) in [7, 11) is 0. The number of thioether (sulfide) groups is 1. The Morgan fingerprint density at radius 2 is 1.87 bits per heavy atom. The Bertz CT molecular complexity index is 703. The molecule has 1 amide bonds. The number of amides is 1. The van der Waals surface area contributed by atoms with Crippen LogP contribution in [0.3, 0.4) is 0 Å². The Morgan fingerprint density at radius 1 is 1.17 bits per heavy atom. The van der Waals surface area contributed by atoms with Gasteiger partial charge in [0, 0.05) is 17.5 Å². The number of carbonyl (C=O) groups is 3. The summed E-state index contributed by atoms with van der Waals surface area (Å²) in [5.41, 5.74) is 6.50. The molecule has 1 aliphatic heterocycles. The van der Waals surface area contributed by atoms with Gasteiger partial charge in [-0.15, -0.1) is 11.8 Å². The van der Waals surface area contributed by atoms with Gasteiger partial charge in [-0.1, -0.05) is 49.6 Å². The molecule has 1 aromatic rings. The topological polar surface area (TPSA) is 133 Å². The second-order valence-electron chi connectivity index (χ2n) is 7.45. The van der Waals surface area contributed by atoms with Gasteiger partial charge in [0.15, 0.2) is 0 Å². The maximum absolute atomic E-state index is 13.0. The summed E-state index contributed by atoms with van der Waals surface area (Å²) in [6.45, 7) is 0.489. The average Bonchev–Trinajstić information content (AvgIpc) is 2.86. The van der Waals surface area contributed by atoms with Crippen molar-refractivity contribution in [1.82, 2.24) is 10.2 Å². The zero-order valence-electron chi connectivity index (χ0n) is 17.0. The van der Waals surface area contributed by atoms with Gasteiger partial charge in [0.2, 0.25) is 5.91 Å². The van der Waals surface area contributed by atoms with E-state index in [0.29, 0.717) is 18.7 Å². The van der Waals surface area contributed by atoms with Crippen LogP contribution >= 0.6 is 11.8 Å². The molecule has 9 heteroatoms. The normalized spacial score (nSPS) is 20.6. The monoisotopic (exact) mass is 437 g/mol. The molecule has 0 saturated carbocycles. The van der Waals surface area contributed by atoms with E-state index >= 15 is 0 Å². The molecular formula is C21H31N3O5S. The first kappa shape index (κ1) is 24.2. The highest BCUT2D eigenvalue weighted by molar-refractivity contribution is 7.99. The SMILES string of the molecule is NCCCCCC[C@@H](NC1CSC(c2ccccc2)CN(CC(=O)O)C1=O)C(=O)O. The van der Waals surface area contributed by atoms with Crippen LogP contribution in [0.1, 0.15) is 42.9 Å². The van der Waals surface area contributed by atoms with Crippen LogP contribution < -0.4 is 11.1 Å². The number of nitrogens with zero attached hydrogens (tertiary/aromatic N) is 1. The summed E-state index contributed by atoms with van der Waals surface area (Å²) in [5.74, 6) is -2.07. The quantitative estimate of drug-likeness (QED) is 0.363. The second kappa shape index (κ2) is 12.6. The molecule has 1 heterocycles. The third kappa shape index (κ3) is 7.62. The molecule has 30 heavy (non-hydrogen) atoms. The highest BCUT2D eigenvalue weighted by atomic mass is 32.2. The van der Waals surface area contributed by atoms with Gasteiger partial charge in [0.25, 0.3) is 0 Å². The number of nitrogens with one attached hydrogen (secondary N) is 1. The first-order valence-corrected chi connectivity index (χ1v) is 11.3. The fourth-order valence-corrected chi connectivity index (χ4v) is 4.81. The van der Waals surface area contributed by atoms with Crippen LogP contribution in [0.5, 0.6) is 0 Å². The molecule has 1 saturated heterocycles. The van der Waals surface area contributed by atoms with Gasteiger partial charge in [-0.25, -0.2) is 0 Å². The van der Waals surface area contributed by atoms with Crippen molar-refractivity contribution in [1.29, 1.82) is 0 Å². The molecule has 1 fully saturated rings. The molecule has 0 radical (unpaired) electrons. The van der Waals surface area contributed by atoms with E-state index in [-0.39, 0.29) is 17.7 Å². The van der Waals surface area contributed by atoms with E-state index in [2.05, 4.69) is 5.32 Å². The van der Waals surface area contributed by atoms with Gasteiger partial charge in [0.1, 0.15) is 12.6 Å². The minimum Gasteiger partial charge on any atom is -0.480 e. The van der Waals surface area contributed by atoms with E-state index in [4.69, 9.17) is 5.73 Å². The Kier molecular flexibility index (Phi) is 10.1. The number of hydrogen-bond donors (Lipinski definition) is 4. The van der Waals surface area contributed by atoms with Crippen molar-refractivity contribution in [3.8, 4) is 0 Å². The Morgan fingerprint density at radius 3 is 2.50 bits per heavy atom. The van der Waals surface area contributed by atoms with Crippen molar-refractivity contribution >= 4 is 29.6 Å². The largest absolute Gasteiger partial charge is 0.480 e. The van der Waals surface area contributed by atoms with Crippen LogP contribution in [0, 0.1) is 0 Å². The molecule has 1 aliphatic rings. The number of nitrogens with two attached hydrogens (primary N) is 1. The van der Waals surface area contributed by atoms with E-state index in [0.717, 1.165) is 31.2 Å². The van der Waals surface area contributed by atoms with Crippen LogP contribution in [0.25, 0.3) is 0 Å². The Balaban J connectivity index is 2.08. The van der Waals surface area contributed by atoms with Crippen LogP contribution in [-0.4, -0.2) is 70.4 Å². The second-order valence-corrected chi connectivity index (χ2v) is 8.68. The Labute approximate surface area is 181 Å². The maximum atomic E-state index is 13.0. The molecule has 0 spiro atoms. The van der Waals surface area contributed by atoms with Crippen molar-refractivity contribution in [2.75, 3.05) is 25.4 Å². The van der Waals surface area contributed by atoms with Crippen molar-refractivity contribution in [2.24, 2.45) is 5.73 Å². The summed E-state index contributed by atoms with van der Waals surface area (Å²) in [6, 6.07) is 8.04.